The smallest absolute Gasteiger partial charge is 0.342 e. The van der Waals surface area contributed by atoms with Gasteiger partial charge in [-0.15, -0.1) is 11.6 Å². The van der Waals surface area contributed by atoms with Crippen LogP contribution >= 0.6 is 11.6 Å². The van der Waals surface area contributed by atoms with Gasteiger partial charge in [0.15, 0.2) is 0 Å². The van der Waals surface area contributed by atoms with Gasteiger partial charge in [-0.25, -0.2) is 14.8 Å². The number of hydrogen-bond donors (Lipinski definition) is 0. The second kappa shape index (κ2) is 8.44. The number of carbonyl (C=O) groups excluding carboxylic acids is 3. The first-order chi connectivity index (χ1) is 12.3. The molecule has 2 heterocycles. The molecule has 2 amide bonds. The lowest BCUT2D eigenvalue weighted by Gasteiger charge is -2.39. The molecule has 1 aliphatic rings. The molecular weight excluding hydrogens is 360 g/mol. The largest absolute Gasteiger partial charge is 0.462 e. The summed E-state index contributed by atoms with van der Waals surface area (Å²) >= 11 is 5.63. The number of aryl methyl sites for hydroxylation is 2. The molecule has 0 aromatic carbocycles. The SMILES string of the molecule is CCOC(=O)c1c(C)nc(C)nc1C(=O)N1CCN(C(=O)CCl)C(C)C1. The van der Waals surface area contributed by atoms with Crippen molar-refractivity contribution in [1.29, 1.82) is 0 Å². The zero-order valence-corrected chi connectivity index (χ0v) is 16.2. The molecule has 0 saturated carbocycles. The van der Waals surface area contributed by atoms with Crippen LogP contribution in [0.3, 0.4) is 0 Å². The number of esters is 1. The number of carbonyl (C=O) groups is 3. The summed E-state index contributed by atoms with van der Waals surface area (Å²) in [7, 11) is 0. The van der Waals surface area contributed by atoms with E-state index in [1.165, 1.54) is 0 Å². The number of halogens is 1. The molecule has 1 aliphatic heterocycles. The predicted octanol–water partition coefficient (Wildman–Crippen LogP) is 1.18. The van der Waals surface area contributed by atoms with Crippen LogP contribution in [0.1, 0.15) is 46.2 Å². The minimum absolute atomic E-state index is 0.0396. The molecule has 0 bridgehead atoms. The van der Waals surface area contributed by atoms with Crippen molar-refractivity contribution in [3.05, 3.63) is 22.8 Å². The molecular formula is C17H23ClN4O4. The van der Waals surface area contributed by atoms with Crippen molar-refractivity contribution in [3.63, 3.8) is 0 Å². The Morgan fingerprint density at radius 3 is 2.50 bits per heavy atom. The predicted molar refractivity (Wildman–Crippen MR) is 95.3 cm³/mol. The van der Waals surface area contributed by atoms with Crippen molar-refractivity contribution in [3.8, 4) is 0 Å². The Balaban J connectivity index is 2.30. The van der Waals surface area contributed by atoms with E-state index in [1.807, 2.05) is 6.92 Å². The average Bonchev–Trinajstić information content (AvgIpc) is 2.59. The van der Waals surface area contributed by atoms with Gasteiger partial charge in [0.2, 0.25) is 5.91 Å². The van der Waals surface area contributed by atoms with E-state index in [1.54, 1.807) is 30.6 Å². The fraction of sp³-hybridized carbons (Fsp3) is 0.588. The van der Waals surface area contributed by atoms with E-state index in [-0.39, 0.29) is 41.6 Å². The van der Waals surface area contributed by atoms with Crippen LogP contribution in [0.15, 0.2) is 0 Å². The number of alkyl halides is 1. The third kappa shape index (κ3) is 4.12. The number of hydrogen-bond acceptors (Lipinski definition) is 6. The Bertz CT molecular complexity index is 725. The van der Waals surface area contributed by atoms with E-state index < -0.39 is 5.97 Å². The molecule has 1 atom stereocenters. The van der Waals surface area contributed by atoms with Gasteiger partial charge in [-0.3, -0.25) is 9.59 Å². The minimum Gasteiger partial charge on any atom is -0.462 e. The molecule has 26 heavy (non-hydrogen) atoms. The summed E-state index contributed by atoms with van der Waals surface area (Å²) in [6.07, 6.45) is 0. The van der Waals surface area contributed by atoms with Crippen molar-refractivity contribution in [2.75, 3.05) is 32.1 Å². The number of aromatic nitrogens is 2. The average molecular weight is 383 g/mol. The van der Waals surface area contributed by atoms with Crippen molar-refractivity contribution in [1.82, 2.24) is 19.8 Å². The van der Waals surface area contributed by atoms with Gasteiger partial charge >= 0.3 is 5.97 Å². The summed E-state index contributed by atoms with van der Waals surface area (Å²) in [4.78, 5) is 48.8. The molecule has 1 aromatic heterocycles. The molecule has 1 unspecified atom stereocenters. The van der Waals surface area contributed by atoms with Crippen LogP contribution in [0.2, 0.25) is 0 Å². The highest BCUT2D eigenvalue weighted by atomic mass is 35.5. The van der Waals surface area contributed by atoms with E-state index in [4.69, 9.17) is 16.3 Å². The van der Waals surface area contributed by atoms with Gasteiger partial charge in [-0.05, 0) is 27.7 Å². The Labute approximate surface area is 157 Å². The molecule has 0 spiro atoms. The molecule has 2 rings (SSSR count). The molecule has 1 saturated heterocycles. The first-order valence-electron chi connectivity index (χ1n) is 8.47. The summed E-state index contributed by atoms with van der Waals surface area (Å²) < 4.78 is 5.05. The summed E-state index contributed by atoms with van der Waals surface area (Å²) in [5.74, 6) is -0.825. The summed E-state index contributed by atoms with van der Waals surface area (Å²) in [6, 6.07) is -0.172. The normalized spacial score (nSPS) is 17.2. The molecule has 0 radical (unpaired) electrons. The quantitative estimate of drug-likeness (QED) is 0.573. The maximum atomic E-state index is 13.0. The number of nitrogens with zero attached hydrogens (tertiary/aromatic N) is 4. The summed E-state index contributed by atoms with van der Waals surface area (Å²) in [6.45, 7) is 8.12. The first-order valence-corrected chi connectivity index (χ1v) is 9.00. The number of rotatable bonds is 4. The molecule has 0 aliphatic carbocycles. The van der Waals surface area contributed by atoms with Crippen LogP contribution in [-0.4, -0.2) is 75.7 Å². The van der Waals surface area contributed by atoms with Gasteiger partial charge in [0.1, 0.15) is 23.0 Å². The Kier molecular flexibility index (Phi) is 6.52. The highest BCUT2D eigenvalue weighted by molar-refractivity contribution is 6.27. The lowest BCUT2D eigenvalue weighted by molar-refractivity contribution is -0.132. The van der Waals surface area contributed by atoms with Crippen LogP contribution in [0.5, 0.6) is 0 Å². The number of piperazine rings is 1. The van der Waals surface area contributed by atoms with E-state index in [0.717, 1.165) is 0 Å². The van der Waals surface area contributed by atoms with E-state index in [9.17, 15) is 14.4 Å². The zero-order chi connectivity index (χ0) is 19.4. The summed E-state index contributed by atoms with van der Waals surface area (Å²) in [5.41, 5.74) is 0.537. The van der Waals surface area contributed by atoms with Crippen LogP contribution in [0, 0.1) is 13.8 Å². The molecule has 142 valence electrons. The second-order valence-electron chi connectivity index (χ2n) is 6.12. The van der Waals surface area contributed by atoms with Gasteiger partial charge < -0.3 is 14.5 Å². The van der Waals surface area contributed by atoms with Gasteiger partial charge in [0, 0.05) is 25.7 Å². The van der Waals surface area contributed by atoms with Crippen molar-refractivity contribution in [2.24, 2.45) is 0 Å². The molecule has 9 heteroatoms. The van der Waals surface area contributed by atoms with E-state index >= 15 is 0 Å². The molecule has 1 aromatic rings. The first kappa shape index (κ1) is 20.1. The van der Waals surface area contributed by atoms with Gasteiger partial charge in [0.05, 0.1) is 12.3 Å². The lowest BCUT2D eigenvalue weighted by Crippen LogP contribution is -2.56. The van der Waals surface area contributed by atoms with E-state index in [0.29, 0.717) is 31.2 Å². The fourth-order valence-corrected chi connectivity index (χ4v) is 3.21. The maximum absolute atomic E-state index is 13.0. The topological polar surface area (TPSA) is 92.7 Å². The van der Waals surface area contributed by atoms with Crippen LogP contribution in [-0.2, 0) is 9.53 Å². The third-order valence-corrected chi connectivity index (χ3v) is 4.46. The van der Waals surface area contributed by atoms with Crippen molar-refractivity contribution >= 4 is 29.4 Å². The van der Waals surface area contributed by atoms with Crippen molar-refractivity contribution in [2.45, 2.75) is 33.7 Å². The fourth-order valence-electron chi connectivity index (χ4n) is 3.05. The monoisotopic (exact) mass is 382 g/mol. The van der Waals surface area contributed by atoms with E-state index in [2.05, 4.69) is 9.97 Å². The molecule has 1 fully saturated rings. The molecule has 8 nitrogen and oxygen atoms in total. The second-order valence-corrected chi connectivity index (χ2v) is 6.39. The Hall–Kier alpha value is -2.22. The highest BCUT2D eigenvalue weighted by Crippen LogP contribution is 2.18. The van der Waals surface area contributed by atoms with Crippen LogP contribution < -0.4 is 0 Å². The van der Waals surface area contributed by atoms with Crippen LogP contribution in [0.4, 0.5) is 0 Å². The Morgan fingerprint density at radius 1 is 1.23 bits per heavy atom. The zero-order valence-electron chi connectivity index (χ0n) is 15.4. The van der Waals surface area contributed by atoms with Crippen LogP contribution in [0.25, 0.3) is 0 Å². The maximum Gasteiger partial charge on any atom is 0.342 e. The third-order valence-electron chi connectivity index (χ3n) is 4.23. The standard InChI is InChI=1S/C17H23ClN4O4/c1-5-26-17(25)14-11(3)19-12(4)20-15(14)16(24)21-6-7-22(10(2)9-21)13(23)8-18/h10H,5-9H2,1-4H3. The number of amides is 2. The summed E-state index contributed by atoms with van der Waals surface area (Å²) in [5, 5.41) is 0. The lowest BCUT2D eigenvalue weighted by atomic mass is 10.1. The van der Waals surface area contributed by atoms with Crippen molar-refractivity contribution < 1.29 is 19.1 Å². The van der Waals surface area contributed by atoms with Gasteiger partial charge in [-0.2, -0.15) is 0 Å². The van der Waals surface area contributed by atoms with Gasteiger partial charge in [0.25, 0.3) is 5.91 Å². The highest BCUT2D eigenvalue weighted by Gasteiger charge is 2.33. The Morgan fingerprint density at radius 2 is 1.92 bits per heavy atom. The molecule has 0 N–H and O–H groups in total. The number of ether oxygens (including phenoxy) is 1. The minimum atomic E-state index is -0.614. The van der Waals surface area contributed by atoms with Gasteiger partial charge in [-0.1, -0.05) is 0 Å².